The van der Waals surface area contributed by atoms with Gasteiger partial charge in [0.15, 0.2) is 0 Å². The highest BCUT2D eigenvalue weighted by molar-refractivity contribution is 7.16. The molecule has 0 radical (unpaired) electrons. The molecule has 0 aliphatic carbocycles. The number of nitrogens with zero attached hydrogens (tertiary/aromatic N) is 1. The van der Waals surface area contributed by atoms with E-state index in [1.54, 1.807) is 0 Å². The van der Waals surface area contributed by atoms with E-state index in [2.05, 4.69) is 50.8 Å². The minimum Gasteiger partial charge on any atom is -0.345 e. The van der Waals surface area contributed by atoms with Crippen molar-refractivity contribution in [1.29, 1.82) is 0 Å². The lowest BCUT2D eigenvalue weighted by molar-refractivity contribution is 0.603. The molecule has 0 saturated heterocycles. The molecule has 0 bridgehead atoms. The van der Waals surface area contributed by atoms with E-state index < -0.39 is 0 Å². The fourth-order valence-electron chi connectivity index (χ4n) is 1.82. The molecular weight excluding hydrogens is 252 g/mol. The normalized spacial score (nSPS) is 11.4. The van der Waals surface area contributed by atoms with E-state index in [4.69, 9.17) is 0 Å². The van der Waals surface area contributed by atoms with Crippen LogP contribution in [0.2, 0.25) is 0 Å². The van der Waals surface area contributed by atoms with Gasteiger partial charge in [0.1, 0.15) is 0 Å². The topological polar surface area (TPSA) is 24.4 Å². The average Bonchev–Trinajstić information content (AvgIpc) is 2.72. The van der Waals surface area contributed by atoms with Crippen LogP contribution in [0.1, 0.15) is 31.2 Å². The van der Waals surface area contributed by atoms with Crippen LogP contribution in [0.3, 0.4) is 0 Å². The van der Waals surface area contributed by atoms with Gasteiger partial charge in [-0.05, 0) is 42.8 Å². The van der Waals surface area contributed by atoms with Crippen molar-refractivity contribution in [3.8, 4) is 0 Å². The molecule has 0 saturated carbocycles. The van der Waals surface area contributed by atoms with Crippen LogP contribution in [0, 0.1) is 6.92 Å². The zero-order valence-corrected chi connectivity index (χ0v) is 12.8. The Morgan fingerprint density at radius 2 is 1.89 bits per heavy atom. The standard InChI is InChI=1S/C16H20N2S/c1-11-10-14(16(2,3)4)19-15(11)18-13-9-7-6-8-12(13)17-5/h6-10,18H,5H2,1-4H3. The summed E-state index contributed by atoms with van der Waals surface area (Å²) in [6.45, 7) is 12.5. The molecule has 3 heteroatoms. The molecule has 0 spiro atoms. The number of para-hydroxylation sites is 2. The van der Waals surface area contributed by atoms with E-state index in [9.17, 15) is 0 Å². The third-order valence-electron chi connectivity index (χ3n) is 2.98. The SMILES string of the molecule is C=Nc1ccccc1Nc1sc(C(C)(C)C)cc1C. The van der Waals surface area contributed by atoms with Gasteiger partial charge in [0.25, 0.3) is 0 Å². The van der Waals surface area contributed by atoms with Crippen molar-refractivity contribution in [1.82, 2.24) is 0 Å². The Labute approximate surface area is 119 Å². The maximum atomic E-state index is 4.04. The number of aryl methyl sites for hydroxylation is 1. The number of nitrogens with one attached hydrogen (secondary N) is 1. The van der Waals surface area contributed by atoms with Crippen molar-refractivity contribution >= 4 is 34.4 Å². The van der Waals surface area contributed by atoms with Crippen LogP contribution in [0.5, 0.6) is 0 Å². The van der Waals surface area contributed by atoms with E-state index >= 15 is 0 Å². The fraction of sp³-hybridized carbons (Fsp3) is 0.312. The maximum absolute atomic E-state index is 4.04. The molecule has 2 aromatic rings. The lowest BCUT2D eigenvalue weighted by Gasteiger charge is -2.15. The molecular formula is C16H20N2S. The molecule has 0 fully saturated rings. The van der Waals surface area contributed by atoms with Gasteiger partial charge in [-0.2, -0.15) is 0 Å². The minimum absolute atomic E-state index is 0.186. The van der Waals surface area contributed by atoms with Crippen molar-refractivity contribution in [3.63, 3.8) is 0 Å². The summed E-state index contributed by atoms with van der Waals surface area (Å²) in [6.07, 6.45) is 0. The molecule has 100 valence electrons. The van der Waals surface area contributed by atoms with Gasteiger partial charge in [0.05, 0.1) is 16.4 Å². The first kappa shape index (κ1) is 13.8. The molecule has 0 amide bonds. The van der Waals surface area contributed by atoms with Crippen molar-refractivity contribution in [3.05, 3.63) is 40.8 Å². The highest BCUT2D eigenvalue weighted by atomic mass is 32.1. The first-order valence-electron chi connectivity index (χ1n) is 6.35. The molecule has 1 heterocycles. The van der Waals surface area contributed by atoms with Crippen LogP contribution < -0.4 is 5.32 Å². The smallest absolute Gasteiger partial charge is 0.0959 e. The quantitative estimate of drug-likeness (QED) is 0.740. The lowest BCUT2D eigenvalue weighted by atomic mass is 9.94. The van der Waals surface area contributed by atoms with Crippen molar-refractivity contribution in [2.75, 3.05) is 5.32 Å². The van der Waals surface area contributed by atoms with Crippen LogP contribution in [-0.4, -0.2) is 6.72 Å². The van der Waals surface area contributed by atoms with E-state index in [1.807, 2.05) is 35.6 Å². The van der Waals surface area contributed by atoms with Crippen molar-refractivity contribution < 1.29 is 0 Å². The third kappa shape index (κ3) is 3.04. The van der Waals surface area contributed by atoms with Crippen LogP contribution >= 0.6 is 11.3 Å². The molecule has 0 aliphatic heterocycles. The van der Waals surface area contributed by atoms with E-state index in [0.29, 0.717) is 0 Å². The molecule has 2 nitrogen and oxygen atoms in total. The van der Waals surface area contributed by atoms with Gasteiger partial charge >= 0.3 is 0 Å². The van der Waals surface area contributed by atoms with Crippen LogP contribution in [0.15, 0.2) is 35.3 Å². The molecule has 1 N–H and O–H groups in total. The Bertz CT molecular complexity index is 591. The van der Waals surface area contributed by atoms with Crippen LogP contribution in [0.25, 0.3) is 0 Å². The van der Waals surface area contributed by atoms with E-state index in [0.717, 1.165) is 11.4 Å². The number of hydrogen-bond donors (Lipinski definition) is 1. The molecule has 0 atom stereocenters. The largest absolute Gasteiger partial charge is 0.345 e. The number of benzene rings is 1. The molecule has 0 aliphatic rings. The van der Waals surface area contributed by atoms with Gasteiger partial charge < -0.3 is 5.32 Å². The first-order chi connectivity index (χ1) is 8.91. The Morgan fingerprint density at radius 1 is 1.21 bits per heavy atom. The van der Waals surface area contributed by atoms with Gasteiger partial charge in [-0.15, -0.1) is 11.3 Å². The monoisotopic (exact) mass is 272 g/mol. The molecule has 19 heavy (non-hydrogen) atoms. The number of rotatable bonds is 3. The predicted octanol–water partition coefficient (Wildman–Crippen LogP) is 5.43. The zero-order valence-electron chi connectivity index (χ0n) is 11.9. The summed E-state index contributed by atoms with van der Waals surface area (Å²) < 4.78 is 0. The van der Waals surface area contributed by atoms with Crippen molar-refractivity contribution in [2.24, 2.45) is 4.99 Å². The maximum Gasteiger partial charge on any atom is 0.0959 e. The number of aliphatic imine (C=N–C) groups is 1. The van der Waals surface area contributed by atoms with Gasteiger partial charge in [0, 0.05) is 4.88 Å². The summed E-state index contributed by atoms with van der Waals surface area (Å²) in [6, 6.07) is 10.2. The highest BCUT2D eigenvalue weighted by Crippen LogP contribution is 2.38. The second kappa shape index (κ2) is 5.17. The highest BCUT2D eigenvalue weighted by Gasteiger charge is 2.18. The second-order valence-corrected chi connectivity index (χ2v) is 6.73. The number of hydrogen-bond acceptors (Lipinski definition) is 3. The van der Waals surface area contributed by atoms with Crippen LogP contribution in [-0.2, 0) is 5.41 Å². The molecule has 1 aromatic heterocycles. The predicted molar refractivity (Wildman–Crippen MR) is 86.7 cm³/mol. The number of thiophene rings is 1. The van der Waals surface area contributed by atoms with Gasteiger partial charge in [-0.25, -0.2) is 0 Å². The molecule has 1 aromatic carbocycles. The minimum atomic E-state index is 0.186. The summed E-state index contributed by atoms with van der Waals surface area (Å²) in [7, 11) is 0. The van der Waals surface area contributed by atoms with E-state index in [-0.39, 0.29) is 5.41 Å². The van der Waals surface area contributed by atoms with Gasteiger partial charge in [-0.1, -0.05) is 32.9 Å². The van der Waals surface area contributed by atoms with E-state index in [1.165, 1.54) is 15.4 Å². The summed E-state index contributed by atoms with van der Waals surface area (Å²) in [5.74, 6) is 0. The Balaban J connectivity index is 2.34. The molecule has 2 rings (SSSR count). The second-order valence-electron chi connectivity index (χ2n) is 5.67. The third-order valence-corrected chi connectivity index (χ3v) is 4.56. The number of anilines is 2. The van der Waals surface area contributed by atoms with Gasteiger partial charge in [0.2, 0.25) is 0 Å². The van der Waals surface area contributed by atoms with Crippen LogP contribution in [0.4, 0.5) is 16.4 Å². The van der Waals surface area contributed by atoms with Gasteiger partial charge in [-0.3, -0.25) is 4.99 Å². The summed E-state index contributed by atoms with van der Waals surface area (Å²) >= 11 is 1.81. The average molecular weight is 272 g/mol. The Kier molecular flexibility index (Phi) is 3.76. The summed E-state index contributed by atoms with van der Waals surface area (Å²) in [4.78, 5) is 5.43. The Hall–Kier alpha value is -1.61. The molecule has 0 unspecified atom stereocenters. The summed E-state index contributed by atoms with van der Waals surface area (Å²) in [5, 5.41) is 4.65. The Morgan fingerprint density at radius 3 is 2.47 bits per heavy atom. The zero-order chi connectivity index (χ0) is 14.0. The van der Waals surface area contributed by atoms with Crippen molar-refractivity contribution in [2.45, 2.75) is 33.1 Å². The lowest BCUT2D eigenvalue weighted by Crippen LogP contribution is -2.07. The first-order valence-corrected chi connectivity index (χ1v) is 7.17. The summed E-state index contributed by atoms with van der Waals surface area (Å²) in [5.41, 5.74) is 3.34. The fourth-order valence-corrected chi connectivity index (χ4v) is 2.96.